The number of benzene rings is 3. The monoisotopic (exact) mass is 561 g/mol. The maximum atomic E-state index is 12.4. The van der Waals surface area contributed by atoms with E-state index in [9.17, 15) is 4.79 Å². The molecule has 3 aromatic carbocycles. The summed E-state index contributed by atoms with van der Waals surface area (Å²) in [5.74, 6) is 2.28. The highest BCUT2D eigenvalue weighted by Gasteiger charge is 2.42. The number of aromatic nitrogens is 1. The summed E-state index contributed by atoms with van der Waals surface area (Å²) < 4.78 is 17.5. The minimum absolute atomic E-state index is 0.276. The second kappa shape index (κ2) is 11.3. The Morgan fingerprint density at radius 2 is 1.61 bits per heavy atom. The third kappa shape index (κ3) is 5.29. The average molecular weight is 562 g/mol. The van der Waals surface area contributed by atoms with Gasteiger partial charge in [0.2, 0.25) is 0 Å². The molecule has 204 valence electrons. The number of aryl methyl sites for hydroxylation is 1. The number of carbonyl (C=O) groups excluding carboxylic acids is 1. The lowest BCUT2D eigenvalue weighted by Gasteiger charge is -2.26. The molecule has 7 nitrogen and oxygen atoms in total. The van der Waals surface area contributed by atoms with E-state index in [0.29, 0.717) is 33.5 Å². The fourth-order valence-corrected chi connectivity index (χ4v) is 5.33. The van der Waals surface area contributed by atoms with Crippen molar-refractivity contribution in [1.29, 1.82) is 0 Å². The molecule has 1 aliphatic rings. The van der Waals surface area contributed by atoms with Gasteiger partial charge in [-0.05, 0) is 85.9 Å². The molecule has 1 fully saturated rings. The van der Waals surface area contributed by atoms with Crippen LogP contribution in [0.15, 0.2) is 114 Å². The summed E-state index contributed by atoms with van der Waals surface area (Å²) in [5.41, 5.74) is 3.95. The number of ether oxygens (including phenoxy) is 2. The lowest BCUT2D eigenvalue weighted by atomic mass is 10.0. The molecule has 8 heteroatoms. The molecule has 0 spiro atoms. The van der Waals surface area contributed by atoms with Crippen molar-refractivity contribution in [2.24, 2.45) is 0 Å². The Hall–Kier alpha value is -4.95. The molecule has 0 saturated carbocycles. The van der Waals surface area contributed by atoms with Crippen molar-refractivity contribution < 1.29 is 18.7 Å². The fourth-order valence-electron chi connectivity index (χ4n) is 4.98. The van der Waals surface area contributed by atoms with Gasteiger partial charge < -0.3 is 24.1 Å². The van der Waals surface area contributed by atoms with Crippen LogP contribution in [0.2, 0.25) is 0 Å². The number of nitrogens with one attached hydrogen (secondary N) is 1. The van der Waals surface area contributed by atoms with E-state index in [1.54, 1.807) is 18.3 Å². The lowest BCUT2D eigenvalue weighted by molar-refractivity contribution is 0.0601. The number of rotatable bonds is 7. The van der Waals surface area contributed by atoms with Crippen molar-refractivity contribution in [2.45, 2.75) is 19.0 Å². The Balaban J connectivity index is 1.36. The van der Waals surface area contributed by atoms with E-state index in [-0.39, 0.29) is 12.1 Å². The Morgan fingerprint density at radius 1 is 0.902 bits per heavy atom. The number of anilines is 1. The summed E-state index contributed by atoms with van der Waals surface area (Å²) >= 11 is 5.85. The van der Waals surface area contributed by atoms with Crippen LogP contribution in [0.25, 0.3) is 11.3 Å². The number of pyridine rings is 1. The normalized spacial score (nSPS) is 16.3. The van der Waals surface area contributed by atoms with Crippen LogP contribution in [-0.2, 0) is 4.74 Å². The van der Waals surface area contributed by atoms with Crippen LogP contribution in [0.3, 0.4) is 0 Å². The number of furan rings is 1. The largest absolute Gasteiger partial charge is 0.465 e. The molecule has 0 radical (unpaired) electrons. The molecule has 0 aliphatic carbocycles. The quantitative estimate of drug-likeness (QED) is 0.163. The van der Waals surface area contributed by atoms with E-state index in [0.717, 1.165) is 17.1 Å². The predicted molar refractivity (Wildman–Crippen MR) is 161 cm³/mol. The van der Waals surface area contributed by atoms with E-state index >= 15 is 0 Å². The summed E-state index contributed by atoms with van der Waals surface area (Å²) in [5, 5.41) is 3.99. The summed E-state index contributed by atoms with van der Waals surface area (Å²) in [6.07, 6.45) is 1.76. The molecule has 2 aromatic heterocycles. The van der Waals surface area contributed by atoms with Crippen molar-refractivity contribution in [3.8, 4) is 22.8 Å². The highest BCUT2D eigenvalue weighted by atomic mass is 32.1. The van der Waals surface area contributed by atoms with Crippen LogP contribution >= 0.6 is 12.2 Å². The number of methoxy groups -OCH3 is 1. The maximum Gasteiger partial charge on any atom is 0.338 e. The standard InChI is InChI=1S/C33H27N3O4S/c1-21-10-14-23(15-11-21)39-24-16-12-22(13-17-24)36-31(30(35-33(36)41)27-9-5-6-20-34-27)29-19-18-28(40-29)25-7-3-4-8-26(25)32(37)38-2/h3-20,30-31H,1-2H3,(H,35,41)/t30-,31+/m0/s1. The molecular weight excluding hydrogens is 534 g/mol. The van der Waals surface area contributed by atoms with E-state index < -0.39 is 5.97 Å². The third-order valence-electron chi connectivity index (χ3n) is 6.99. The Labute approximate surface area is 243 Å². The maximum absolute atomic E-state index is 12.4. The van der Waals surface area contributed by atoms with Crippen LogP contribution in [0.1, 0.15) is 39.5 Å². The van der Waals surface area contributed by atoms with Gasteiger partial charge in [-0.2, -0.15) is 0 Å². The molecule has 3 heterocycles. The average Bonchev–Trinajstić information content (AvgIpc) is 3.63. The molecule has 1 aliphatic heterocycles. The number of esters is 1. The van der Waals surface area contributed by atoms with Gasteiger partial charge >= 0.3 is 5.97 Å². The van der Waals surface area contributed by atoms with Gasteiger partial charge in [-0.3, -0.25) is 4.98 Å². The van der Waals surface area contributed by atoms with Crippen LogP contribution in [0.4, 0.5) is 5.69 Å². The first-order chi connectivity index (χ1) is 20.0. The Bertz CT molecular complexity index is 1680. The van der Waals surface area contributed by atoms with Gasteiger partial charge in [0.15, 0.2) is 5.11 Å². The first kappa shape index (κ1) is 26.3. The lowest BCUT2D eigenvalue weighted by Crippen LogP contribution is -2.29. The zero-order valence-electron chi connectivity index (χ0n) is 22.5. The molecule has 5 aromatic rings. The second-order valence-electron chi connectivity index (χ2n) is 9.64. The van der Waals surface area contributed by atoms with Crippen LogP contribution < -0.4 is 15.0 Å². The molecule has 0 unspecified atom stereocenters. The molecule has 6 rings (SSSR count). The first-order valence-electron chi connectivity index (χ1n) is 13.1. The minimum atomic E-state index is -0.428. The SMILES string of the molecule is COC(=O)c1ccccc1-c1ccc([C@@H]2[C@H](c3ccccn3)NC(=S)N2c2ccc(Oc3ccc(C)cc3)cc2)o1. The molecule has 2 atom stereocenters. The first-order valence-corrected chi connectivity index (χ1v) is 13.6. The van der Waals surface area contributed by atoms with Gasteiger partial charge in [0.1, 0.15) is 29.1 Å². The topological polar surface area (TPSA) is 76.8 Å². The van der Waals surface area contributed by atoms with Gasteiger partial charge in [0.25, 0.3) is 0 Å². The van der Waals surface area contributed by atoms with Gasteiger partial charge in [-0.25, -0.2) is 4.79 Å². The highest BCUT2D eigenvalue weighted by molar-refractivity contribution is 7.80. The van der Waals surface area contributed by atoms with Crippen molar-refractivity contribution in [2.75, 3.05) is 12.0 Å². The highest BCUT2D eigenvalue weighted by Crippen LogP contribution is 2.43. The molecule has 0 bridgehead atoms. The third-order valence-corrected chi connectivity index (χ3v) is 7.30. The van der Waals surface area contributed by atoms with Gasteiger partial charge in [0, 0.05) is 17.4 Å². The number of carbonyl (C=O) groups is 1. The van der Waals surface area contributed by atoms with E-state index in [1.165, 1.54) is 12.7 Å². The number of hydrogen-bond acceptors (Lipinski definition) is 6. The van der Waals surface area contributed by atoms with Gasteiger partial charge in [-0.15, -0.1) is 0 Å². The van der Waals surface area contributed by atoms with Crippen molar-refractivity contribution in [3.05, 3.63) is 132 Å². The zero-order valence-corrected chi connectivity index (χ0v) is 23.3. The molecule has 41 heavy (non-hydrogen) atoms. The molecule has 1 saturated heterocycles. The van der Waals surface area contributed by atoms with Crippen LogP contribution in [0, 0.1) is 6.92 Å². The molecule has 0 amide bonds. The summed E-state index contributed by atoms with van der Waals surface area (Å²) in [4.78, 5) is 19.1. The van der Waals surface area contributed by atoms with Crippen molar-refractivity contribution in [3.63, 3.8) is 0 Å². The zero-order chi connectivity index (χ0) is 28.3. The van der Waals surface area contributed by atoms with Gasteiger partial charge in [-0.1, -0.05) is 42.0 Å². The number of thiocarbonyl (C=S) groups is 1. The predicted octanol–water partition coefficient (Wildman–Crippen LogP) is 7.41. The van der Waals surface area contributed by atoms with E-state index in [1.807, 2.05) is 103 Å². The Morgan fingerprint density at radius 3 is 2.32 bits per heavy atom. The van der Waals surface area contributed by atoms with E-state index in [4.69, 9.17) is 26.1 Å². The summed E-state index contributed by atoms with van der Waals surface area (Å²) in [6.45, 7) is 2.04. The summed E-state index contributed by atoms with van der Waals surface area (Å²) in [7, 11) is 1.37. The Kier molecular flexibility index (Phi) is 7.22. The fraction of sp³-hybridized carbons (Fsp3) is 0.121. The smallest absolute Gasteiger partial charge is 0.338 e. The molecule has 1 N–H and O–H groups in total. The van der Waals surface area contributed by atoms with Crippen LogP contribution in [0.5, 0.6) is 11.5 Å². The van der Waals surface area contributed by atoms with E-state index in [2.05, 4.69) is 10.3 Å². The van der Waals surface area contributed by atoms with Gasteiger partial charge in [0.05, 0.1) is 24.4 Å². The summed E-state index contributed by atoms with van der Waals surface area (Å²) in [6, 6.07) is 31.9. The minimum Gasteiger partial charge on any atom is -0.465 e. The van der Waals surface area contributed by atoms with Crippen molar-refractivity contribution >= 4 is 29.0 Å². The second-order valence-corrected chi connectivity index (χ2v) is 10.0. The number of hydrogen-bond donors (Lipinski definition) is 1. The van der Waals surface area contributed by atoms with Crippen molar-refractivity contribution in [1.82, 2.24) is 10.3 Å². The number of nitrogens with zero attached hydrogens (tertiary/aromatic N) is 2. The van der Waals surface area contributed by atoms with Crippen LogP contribution in [-0.4, -0.2) is 23.2 Å². The molecular formula is C33H27N3O4S.